The molecule has 0 saturated carbocycles. The maximum atomic E-state index is 10.8. The maximum absolute atomic E-state index is 10.8. The van der Waals surface area contributed by atoms with Gasteiger partial charge in [0.15, 0.2) is 0 Å². The number of carbonyl (C=O) groups excluding carboxylic acids is 1. The zero-order chi connectivity index (χ0) is 15.1. The molecule has 0 spiro atoms. The molecule has 19 heavy (non-hydrogen) atoms. The molecule has 0 aliphatic carbocycles. The van der Waals surface area contributed by atoms with Crippen LogP contribution in [0, 0.1) is 6.92 Å². The summed E-state index contributed by atoms with van der Waals surface area (Å²) in [7, 11) is 1.62. The lowest BCUT2D eigenvalue weighted by Gasteiger charge is -2.09. The third-order valence-corrected chi connectivity index (χ3v) is 3.72. The molecule has 0 heterocycles. The van der Waals surface area contributed by atoms with E-state index in [1.807, 2.05) is 20.8 Å². The van der Waals surface area contributed by atoms with Crippen LogP contribution in [-0.4, -0.2) is 20.6 Å². The Morgan fingerprint density at radius 1 is 1.32 bits per heavy atom. The van der Waals surface area contributed by atoms with Gasteiger partial charge in [0.1, 0.15) is 0 Å². The van der Waals surface area contributed by atoms with Gasteiger partial charge in [-0.3, -0.25) is 4.79 Å². The number of benzene rings is 1. The van der Waals surface area contributed by atoms with E-state index in [1.165, 1.54) is 0 Å². The number of halogens is 2. The van der Waals surface area contributed by atoms with Crippen molar-refractivity contribution in [1.29, 1.82) is 0 Å². The van der Waals surface area contributed by atoms with Crippen molar-refractivity contribution < 1.29 is 13.2 Å². The molecule has 1 aromatic carbocycles. The molecule has 1 aromatic rings. The normalized spacial score (nSPS) is 10.4. The van der Waals surface area contributed by atoms with Crippen LogP contribution in [-0.2, 0) is 20.3 Å². The average molecular weight is 326 g/mol. The minimum Gasteiger partial charge on any atom is -0.327 e. The van der Waals surface area contributed by atoms with Gasteiger partial charge in [0, 0.05) is 10.7 Å². The molecule has 1 rings (SSSR count). The Morgan fingerprint density at radius 2 is 1.89 bits per heavy atom. The molecule has 0 saturated heterocycles. The van der Waals surface area contributed by atoms with Gasteiger partial charge in [-0.15, -0.1) is 0 Å². The minimum absolute atomic E-state index is 0.147. The summed E-state index contributed by atoms with van der Waals surface area (Å²) in [4.78, 5) is 10.3. The van der Waals surface area contributed by atoms with Crippen molar-refractivity contribution in [2.24, 2.45) is 0 Å². The molecule has 0 radical (unpaired) electrons. The summed E-state index contributed by atoms with van der Waals surface area (Å²) in [5, 5.41) is 2.82. The Balaban J connectivity index is 0.00000154. The zero-order valence-electron chi connectivity index (χ0n) is 11.0. The topological polar surface area (TPSA) is 63.2 Å². The molecule has 4 nitrogen and oxygen atoms in total. The number of aryl methyl sites for hydroxylation is 2. The number of rotatable bonds is 5. The van der Waals surface area contributed by atoms with Gasteiger partial charge in [0.2, 0.25) is 15.5 Å². The lowest BCUT2D eigenvalue weighted by atomic mass is 10.1. The molecule has 0 unspecified atom stereocenters. The molecule has 1 amide bonds. The lowest BCUT2D eigenvalue weighted by Crippen LogP contribution is -2.04. The quantitative estimate of drug-likeness (QED) is 0.667. The smallest absolute Gasteiger partial charge is 0.232 e. The van der Waals surface area contributed by atoms with Crippen LogP contribution in [0.3, 0.4) is 0 Å². The first-order valence-electron chi connectivity index (χ1n) is 5.75. The molecule has 0 aliphatic rings. The highest BCUT2D eigenvalue weighted by molar-refractivity contribution is 8.13. The second kappa shape index (κ2) is 8.40. The Hall–Kier alpha value is -0.780. The van der Waals surface area contributed by atoms with E-state index >= 15 is 0 Å². The first-order valence-corrected chi connectivity index (χ1v) is 8.60. The molecule has 0 aliphatic heterocycles. The summed E-state index contributed by atoms with van der Waals surface area (Å²) in [6, 6.07) is 3.32. The van der Waals surface area contributed by atoms with Crippen LogP contribution in [0.15, 0.2) is 12.1 Å². The first kappa shape index (κ1) is 18.2. The van der Waals surface area contributed by atoms with Crippen molar-refractivity contribution in [2.45, 2.75) is 27.2 Å². The van der Waals surface area contributed by atoms with Gasteiger partial charge in [0.25, 0.3) is 0 Å². The number of amides is 1. The van der Waals surface area contributed by atoms with Crippen LogP contribution < -0.4 is 5.32 Å². The molecular formula is C12H17Cl2NO3S. The predicted molar refractivity (Wildman–Crippen MR) is 80.6 cm³/mol. The average Bonchev–Trinajstić information content (AvgIpc) is 2.33. The standard InChI is InChI=1S/C10H11Cl2NO3S.C2H6/c1-7-4-10(13-6-14)9(11)5-8(7)2-3-17(12,15)16;1-2/h4-6H,2-3H2,1H3,(H,13,14);1-2H3. The van der Waals surface area contributed by atoms with Crippen molar-refractivity contribution in [3.05, 3.63) is 28.3 Å². The van der Waals surface area contributed by atoms with Crippen molar-refractivity contribution in [1.82, 2.24) is 0 Å². The highest BCUT2D eigenvalue weighted by Gasteiger charge is 2.10. The first-order chi connectivity index (χ1) is 8.83. The van der Waals surface area contributed by atoms with Crippen LogP contribution in [0.1, 0.15) is 25.0 Å². The van der Waals surface area contributed by atoms with E-state index in [4.69, 9.17) is 22.3 Å². The highest BCUT2D eigenvalue weighted by atomic mass is 35.7. The molecule has 0 atom stereocenters. The second-order valence-electron chi connectivity index (χ2n) is 3.51. The summed E-state index contributed by atoms with van der Waals surface area (Å²) >= 11 is 5.93. The minimum atomic E-state index is -3.51. The number of hydrogen-bond donors (Lipinski definition) is 1. The van der Waals surface area contributed by atoms with E-state index in [2.05, 4.69) is 5.32 Å². The van der Waals surface area contributed by atoms with Crippen LogP contribution >= 0.6 is 22.3 Å². The summed E-state index contributed by atoms with van der Waals surface area (Å²) < 4.78 is 21.7. The van der Waals surface area contributed by atoms with Gasteiger partial charge in [-0.2, -0.15) is 0 Å². The van der Waals surface area contributed by atoms with E-state index in [0.29, 0.717) is 23.5 Å². The molecule has 108 valence electrons. The highest BCUT2D eigenvalue weighted by Crippen LogP contribution is 2.26. The molecule has 0 bridgehead atoms. The van der Waals surface area contributed by atoms with Gasteiger partial charge in [-0.25, -0.2) is 8.42 Å². The summed E-state index contributed by atoms with van der Waals surface area (Å²) in [6.45, 7) is 5.81. The van der Waals surface area contributed by atoms with Crippen molar-refractivity contribution in [3.8, 4) is 0 Å². The van der Waals surface area contributed by atoms with Crippen LogP contribution in [0.4, 0.5) is 5.69 Å². The fraction of sp³-hybridized carbons (Fsp3) is 0.417. The SMILES string of the molecule is CC.Cc1cc(NC=O)c(Cl)cc1CCS(=O)(=O)Cl. The Labute approximate surface area is 123 Å². The summed E-state index contributed by atoms with van der Waals surface area (Å²) in [5.41, 5.74) is 2.13. The number of hydrogen-bond acceptors (Lipinski definition) is 3. The molecule has 1 N–H and O–H groups in total. The number of carbonyl (C=O) groups is 1. The molecule has 7 heteroatoms. The van der Waals surface area contributed by atoms with Crippen molar-refractivity contribution in [2.75, 3.05) is 11.1 Å². The predicted octanol–water partition coefficient (Wildman–Crippen LogP) is 3.35. The van der Waals surface area contributed by atoms with Gasteiger partial charge < -0.3 is 5.32 Å². The van der Waals surface area contributed by atoms with E-state index in [1.54, 1.807) is 12.1 Å². The lowest BCUT2D eigenvalue weighted by molar-refractivity contribution is -0.105. The molecule has 0 aromatic heterocycles. The third-order valence-electron chi connectivity index (χ3n) is 2.26. The van der Waals surface area contributed by atoms with Gasteiger partial charge in [0.05, 0.1) is 16.5 Å². The molecular weight excluding hydrogens is 309 g/mol. The largest absolute Gasteiger partial charge is 0.327 e. The second-order valence-corrected chi connectivity index (χ2v) is 6.82. The van der Waals surface area contributed by atoms with Gasteiger partial charge in [-0.1, -0.05) is 25.4 Å². The van der Waals surface area contributed by atoms with Crippen LogP contribution in [0.25, 0.3) is 0 Å². The van der Waals surface area contributed by atoms with Gasteiger partial charge in [-0.05, 0) is 36.6 Å². The Bertz CT molecular complexity index is 530. The van der Waals surface area contributed by atoms with E-state index in [0.717, 1.165) is 11.1 Å². The monoisotopic (exact) mass is 325 g/mol. The van der Waals surface area contributed by atoms with E-state index in [9.17, 15) is 13.2 Å². The third kappa shape index (κ3) is 6.80. The van der Waals surface area contributed by atoms with Crippen molar-refractivity contribution in [3.63, 3.8) is 0 Å². The number of anilines is 1. The molecule has 0 fully saturated rings. The maximum Gasteiger partial charge on any atom is 0.232 e. The summed E-state index contributed by atoms with van der Waals surface area (Å²) in [5.74, 6) is -0.147. The summed E-state index contributed by atoms with van der Waals surface area (Å²) in [6.07, 6.45) is 0.822. The van der Waals surface area contributed by atoms with Gasteiger partial charge >= 0.3 is 0 Å². The Morgan fingerprint density at radius 3 is 2.37 bits per heavy atom. The fourth-order valence-corrected chi connectivity index (χ4v) is 2.33. The van der Waals surface area contributed by atoms with Crippen LogP contribution in [0.2, 0.25) is 5.02 Å². The van der Waals surface area contributed by atoms with E-state index in [-0.39, 0.29) is 5.75 Å². The fourth-order valence-electron chi connectivity index (χ4n) is 1.40. The van der Waals surface area contributed by atoms with E-state index < -0.39 is 9.05 Å². The van der Waals surface area contributed by atoms with Crippen molar-refractivity contribution >= 4 is 43.4 Å². The number of nitrogens with one attached hydrogen (secondary N) is 1. The van der Waals surface area contributed by atoms with Crippen LogP contribution in [0.5, 0.6) is 0 Å². The Kier molecular flexibility index (Phi) is 8.06. The zero-order valence-corrected chi connectivity index (χ0v) is 13.4.